The van der Waals surface area contributed by atoms with E-state index in [-0.39, 0.29) is 11.8 Å². The van der Waals surface area contributed by atoms with Gasteiger partial charge in [0.05, 0.1) is 7.11 Å². The third-order valence-electron chi connectivity index (χ3n) is 5.40. The van der Waals surface area contributed by atoms with Crippen LogP contribution in [0.1, 0.15) is 50.8 Å². The summed E-state index contributed by atoms with van der Waals surface area (Å²) in [7, 11) is 1.62. The second-order valence-corrected chi connectivity index (χ2v) is 8.36. The summed E-state index contributed by atoms with van der Waals surface area (Å²) in [5.74, 6) is 0.925. The number of carbonyl (C=O) groups excluding carboxylic acids is 2. The molecule has 2 amide bonds. The van der Waals surface area contributed by atoms with E-state index in [0.29, 0.717) is 31.8 Å². The summed E-state index contributed by atoms with van der Waals surface area (Å²) in [5, 5.41) is 2.95. The molecule has 5 nitrogen and oxygen atoms in total. The zero-order valence-electron chi connectivity index (χ0n) is 19.5. The van der Waals surface area contributed by atoms with Crippen LogP contribution in [0, 0.1) is 5.92 Å². The van der Waals surface area contributed by atoms with E-state index in [1.807, 2.05) is 38.1 Å². The quantitative estimate of drug-likeness (QED) is 0.582. The normalized spacial score (nSPS) is 11.8. The minimum Gasteiger partial charge on any atom is -0.497 e. The molecule has 5 heteroatoms. The zero-order chi connectivity index (χ0) is 22.8. The van der Waals surface area contributed by atoms with E-state index in [4.69, 9.17) is 4.74 Å². The second kappa shape index (κ2) is 12.1. The van der Waals surface area contributed by atoms with Crippen molar-refractivity contribution in [1.29, 1.82) is 0 Å². The maximum atomic E-state index is 13.2. The Balaban J connectivity index is 2.13. The molecule has 0 fully saturated rings. The highest BCUT2D eigenvalue weighted by Crippen LogP contribution is 2.17. The minimum atomic E-state index is -0.556. The molecular weight excluding hydrogens is 388 g/mol. The van der Waals surface area contributed by atoms with E-state index in [9.17, 15) is 9.59 Å². The molecule has 2 aromatic rings. The van der Waals surface area contributed by atoms with Crippen molar-refractivity contribution >= 4 is 11.8 Å². The Kier molecular flexibility index (Phi) is 9.57. The fraction of sp³-hybridized carbons (Fsp3) is 0.462. The number of hydrogen-bond acceptors (Lipinski definition) is 3. The molecule has 2 aromatic carbocycles. The topological polar surface area (TPSA) is 58.6 Å². The summed E-state index contributed by atoms with van der Waals surface area (Å²) >= 11 is 0. The predicted molar refractivity (Wildman–Crippen MR) is 125 cm³/mol. The molecule has 0 saturated carbocycles. The van der Waals surface area contributed by atoms with E-state index in [2.05, 4.69) is 36.5 Å². The largest absolute Gasteiger partial charge is 0.497 e. The van der Waals surface area contributed by atoms with E-state index < -0.39 is 6.04 Å². The van der Waals surface area contributed by atoms with E-state index in [1.165, 1.54) is 5.56 Å². The Morgan fingerprint density at radius 1 is 1.00 bits per heavy atom. The standard InChI is InChI=1S/C26H36N2O3/c1-6-21-10-12-22(13-11-21)14-15-25(29)28(20(4)26(30)27-17-19(2)3)18-23-8-7-9-24(16-23)31-5/h7-13,16,19-20H,6,14-15,17-18H2,1-5H3,(H,27,30)/t20-/m0/s1. The van der Waals surface area contributed by atoms with E-state index >= 15 is 0 Å². The Bertz CT molecular complexity index is 846. The number of rotatable bonds is 11. The number of nitrogens with one attached hydrogen (secondary N) is 1. The number of methoxy groups -OCH3 is 1. The van der Waals surface area contributed by atoms with Crippen LogP contribution in [0.5, 0.6) is 5.75 Å². The van der Waals surface area contributed by atoms with Gasteiger partial charge in [-0.25, -0.2) is 0 Å². The maximum absolute atomic E-state index is 13.2. The smallest absolute Gasteiger partial charge is 0.242 e. The van der Waals surface area contributed by atoms with Crippen molar-refractivity contribution in [3.05, 3.63) is 65.2 Å². The second-order valence-electron chi connectivity index (χ2n) is 8.36. The van der Waals surface area contributed by atoms with E-state index in [1.54, 1.807) is 18.9 Å². The fourth-order valence-corrected chi connectivity index (χ4v) is 3.34. The van der Waals surface area contributed by atoms with E-state index in [0.717, 1.165) is 23.3 Å². The lowest BCUT2D eigenvalue weighted by Crippen LogP contribution is -2.48. The summed E-state index contributed by atoms with van der Waals surface area (Å²) in [4.78, 5) is 27.6. The summed E-state index contributed by atoms with van der Waals surface area (Å²) in [5.41, 5.74) is 3.34. The Hall–Kier alpha value is -2.82. The number of nitrogens with zero attached hydrogens (tertiary/aromatic N) is 1. The molecule has 0 aliphatic heterocycles. The van der Waals surface area contributed by atoms with Crippen molar-refractivity contribution in [2.24, 2.45) is 5.92 Å². The molecule has 0 unspecified atom stereocenters. The minimum absolute atomic E-state index is 0.0328. The first-order valence-electron chi connectivity index (χ1n) is 11.1. The van der Waals surface area contributed by atoms with Crippen molar-refractivity contribution in [1.82, 2.24) is 10.2 Å². The monoisotopic (exact) mass is 424 g/mol. The van der Waals surface area contributed by atoms with Crippen LogP contribution in [0.15, 0.2) is 48.5 Å². The molecular formula is C26H36N2O3. The third-order valence-corrected chi connectivity index (χ3v) is 5.40. The molecule has 2 rings (SSSR count). The highest BCUT2D eigenvalue weighted by molar-refractivity contribution is 5.87. The molecule has 1 atom stereocenters. The summed E-state index contributed by atoms with van der Waals surface area (Å²) < 4.78 is 5.31. The first-order chi connectivity index (χ1) is 14.8. The van der Waals surface area contributed by atoms with Gasteiger partial charge in [0.1, 0.15) is 11.8 Å². The molecule has 168 valence electrons. The van der Waals surface area contributed by atoms with Gasteiger partial charge in [0.15, 0.2) is 0 Å². The van der Waals surface area contributed by atoms with Gasteiger partial charge in [-0.3, -0.25) is 9.59 Å². The average Bonchev–Trinajstić information content (AvgIpc) is 2.79. The van der Waals surface area contributed by atoms with Gasteiger partial charge < -0.3 is 15.0 Å². The number of aryl methyl sites for hydroxylation is 2. The van der Waals surface area contributed by atoms with Gasteiger partial charge in [-0.2, -0.15) is 0 Å². The van der Waals surface area contributed by atoms with Crippen molar-refractivity contribution in [3.63, 3.8) is 0 Å². The van der Waals surface area contributed by atoms with Crippen LogP contribution in [-0.4, -0.2) is 36.4 Å². The number of carbonyl (C=O) groups is 2. The molecule has 31 heavy (non-hydrogen) atoms. The number of amides is 2. The first kappa shape index (κ1) is 24.4. The fourth-order valence-electron chi connectivity index (χ4n) is 3.34. The van der Waals surface area contributed by atoms with Crippen LogP contribution < -0.4 is 10.1 Å². The average molecular weight is 425 g/mol. The number of benzene rings is 2. The van der Waals surface area contributed by atoms with Gasteiger partial charge >= 0.3 is 0 Å². The summed E-state index contributed by atoms with van der Waals surface area (Å²) in [6, 6.07) is 15.4. The first-order valence-corrected chi connectivity index (χ1v) is 11.1. The Morgan fingerprint density at radius 3 is 2.29 bits per heavy atom. The Morgan fingerprint density at radius 2 is 1.68 bits per heavy atom. The molecule has 0 radical (unpaired) electrons. The van der Waals surface area contributed by atoms with Crippen molar-refractivity contribution in [2.75, 3.05) is 13.7 Å². The van der Waals surface area contributed by atoms with Crippen LogP contribution in [0.3, 0.4) is 0 Å². The third kappa shape index (κ3) is 7.74. The van der Waals surface area contributed by atoms with Gasteiger partial charge in [0.2, 0.25) is 11.8 Å². The molecule has 0 aromatic heterocycles. The van der Waals surface area contributed by atoms with Crippen LogP contribution in [-0.2, 0) is 29.0 Å². The predicted octanol–water partition coefficient (Wildman–Crippen LogP) is 4.38. The van der Waals surface area contributed by atoms with Gasteiger partial charge in [0, 0.05) is 19.5 Å². The van der Waals surface area contributed by atoms with Gasteiger partial charge in [-0.1, -0.05) is 57.2 Å². The van der Waals surface area contributed by atoms with Crippen molar-refractivity contribution in [3.8, 4) is 5.75 Å². The summed E-state index contributed by atoms with van der Waals surface area (Å²) in [6.45, 7) is 8.97. The number of ether oxygens (including phenoxy) is 1. The van der Waals surface area contributed by atoms with Crippen LogP contribution in [0.4, 0.5) is 0 Å². The van der Waals surface area contributed by atoms with Crippen LogP contribution in [0.25, 0.3) is 0 Å². The molecule has 0 spiro atoms. The zero-order valence-corrected chi connectivity index (χ0v) is 19.5. The lowest BCUT2D eigenvalue weighted by Gasteiger charge is -2.29. The lowest BCUT2D eigenvalue weighted by atomic mass is 10.0. The van der Waals surface area contributed by atoms with Gasteiger partial charge in [-0.15, -0.1) is 0 Å². The highest BCUT2D eigenvalue weighted by Gasteiger charge is 2.26. The van der Waals surface area contributed by atoms with Crippen LogP contribution in [0.2, 0.25) is 0 Å². The SMILES string of the molecule is CCc1ccc(CCC(=O)N(Cc2cccc(OC)c2)[C@@H](C)C(=O)NCC(C)C)cc1. The highest BCUT2D eigenvalue weighted by atomic mass is 16.5. The Labute approximate surface area is 186 Å². The van der Waals surface area contributed by atoms with Gasteiger partial charge in [0.25, 0.3) is 0 Å². The summed E-state index contributed by atoms with van der Waals surface area (Å²) in [6.07, 6.45) is 2.01. The van der Waals surface area contributed by atoms with Crippen molar-refractivity contribution in [2.45, 2.75) is 59.5 Å². The molecule has 0 saturated heterocycles. The maximum Gasteiger partial charge on any atom is 0.242 e. The molecule has 1 N–H and O–H groups in total. The van der Waals surface area contributed by atoms with Gasteiger partial charge in [-0.05, 0) is 54.5 Å². The molecule has 0 aliphatic rings. The molecule has 0 bridgehead atoms. The number of hydrogen-bond donors (Lipinski definition) is 1. The molecule has 0 heterocycles. The van der Waals surface area contributed by atoms with Crippen molar-refractivity contribution < 1.29 is 14.3 Å². The lowest BCUT2D eigenvalue weighted by molar-refractivity contribution is -0.140. The van der Waals surface area contributed by atoms with Crippen LogP contribution >= 0.6 is 0 Å². The molecule has 0 aliphatic carbocycles.